The van der Waals surface area contributed by atoms with E-state index in [1.54, 1.807) is 6.92 Å². The molecule has 104 valence electrons. The molecule has 0 aliphatic carbocycles. The summed E-state index contributed by atoms with van der Waals surface area (Å²) in [6, 6.07) is 5.86. The molecule has 1 aromatic rings. The quantitative estimate of drug-likeness (QED) is 0.885. The van der Waals surface area contributed by atoms with Crippen LogP contribution >= 0.6 is 0 Å². The lowest BCUT2D eigenvalue weighted by atomic mass is 9.79. The Balaban J connectivity index is 2.60. The van der Waals surface area contributed by atoms with Gasteiger partial charge in [-0.15, -0.1) is 0 Å². The van der Waals surface area contributed by atoms with E-state index in [-0.39, 0.29) is 5.54 Å². The van der Waals surface area contributed by atoms with E-state index >= 15 is 0 Å². The van der Waals surface area contributed by atoms with Crippen LogP contribution < -0.4 is 4.90 Å². The molecule has 1 heterocycles. The largest absolute Gasteiger partial charge is 0.480 e. The second-order valence-electron chi connectivity index (χ2n) is 6.36. The van der Waals surface area contributed by atoms with Gasteiger partial charge in [-0.25, -0.2) is 4.79 Å². The third kappa shape index (κ3) is 2.34. The predicted octanol–water partition coefficient (Wildman–Crippen LogP) is 3.56. The number of aliphatic carboxylic acids is 1. The van der Waals surface area contributed by atoms with Crippen molar-refractivity contribution in [1.82, 2.24) is 0 Å². The number of carbonyl (C=O) groups is 1. The highest BCUT2D eigenvalue weighted by atomic mass is 16.4. The Bertz CT molecular complexity index is 507. The minimum atomic E-state index is -0.768. The fourth-order valence-electron chi connectivity index (χ4n) is 3.41. The van der Waals surface area contributed by atoms with Gasteiger partial charge in [0, 0.05) is 11.2 Å². The summed E-state index contributed by atoms with van der Waals surface area (Å²) in [5.74, 6) is -0.307. The number of carboxylic acids is 1. The van der Waals surface area contributed by atoms with Crippen LogP contribution in [0.25, 0.3) is 0 Å². The molecule has 0 unspecified atom stereocenters. The van der Waals surface area contributed by atoms with E-state index in [9.17, 15) is 9.90 Å². The minimum absolute atomic E-state index is 0.141. The van der Waals surface area contributed by atoms with Crippen LogP contribution in [0.4, 0.5) is 5.69 Å². The van der Waals surface area contributed by atoms with E-state index in [1.165, 1.54) is 11.1 Å². The molecule has 0 amide bonds. The maximum atomic E-state index is 11.4. The fraction of sp³-hybridized carbons (Fsp3) is 0.562. The van der Waals surface area contributed by atoms with Gasteiger partial charge in [-0.1, -0.05) is 19.1 Å². The summed E-state index contributed by atoms with van der Waals surface area (Å²) in [4.78, 5) is 13.5. The number of hydrogen-bond donors (Lipinski definition) is 1. The molecular formula is C16H23NO2. The van der Waals surface area contributed by atoms with Crippen molar-refractivity contribution in [2.45, 2.75) is 58.5 Å². The second kappa shape index (κ2) is 4.55. The molecule has 1 aliphatic heterocycles. The Kier molecular flexibility index (Phi) is 3.33. The van der Waals surface area contributed by atoms with Crippen molar-refractivity contribution in [2.24, 2.45) is 0 Å². The van der Waals surface area contributed by atoms with Crippen LogP contribution in [0.1, 0.15) is 51.2 Å². The van der Waals surface area contributed by atoms with Crippen molar-refractivity contribution < 1.29 is 9.90 Å². The Morgan fingerprint density at radius 1 is 1.47 bits per heavy atom. The number of aryl methyl sites for hydroxylation is 1. The summed E-state index contributed by atoms with van der Waals surface area (Å²) in [7, 11) is 0. The average molecular weight is 261 g/mol. The normalized spacial score (nSPS) is 22.8. The van der Waals surface area contributed by atoms with Gasteiger partial charge in [-0.05, 0) is 57.2 Å². The molecule has 0 saturated carbocycles. The smallest absolute Gasteiger partial charge is 0.326 e. The SMILES string of the molecule is Cc1ccc2c(c1)N([C@H](C)C(=O)O)C(C)(C)C[C@@H]2C. The van der Waals surface area contributed by atoms with Crippen LogP contribution in [-0.2, 0) is 4.79 Å². The molecule has 3 nitrogen and oxygen atoms in total. The predicted molar refractivity (Wildman–Crippen MR) is 77.9 cm³/mol. The van der Waals surface area contributed by atoms with Gasteiger partial charge >= 0.3 is 5.97 Å². The molecular weight excluding hydrogens is 238 g/mol. The fourth-order valence-corrected chi connectivity index (χ4v) is 3.41. The highest BCUT2D eigenvalue weighted by Gasteiger charge is 2.40. The van der Waals surface area contributed by atoms with E-state index in [1.807, 2.05) is 0 Å². The second-order valence-corrected chi connectivity index (χ2v) is 6.36. The summed E-state index contributed by atoms with van der Waals surface area (Å²) < 4.78 is 0. The Hall–Kier alpha value is -1.51. The topological polar surface area (TPSA) is 40.5 Å². The number of hydrogen-bond acceptors (Lipinski definition) is 2. The van der Waals surface area contributed by atoms with E-state index in [0.29, 0.717) is 5.92 Å². The summed E-state index contributed by atoms with van der Waals surface area (Å²) in [5.41, 5.74) is 3.38. The Morgan fingerprint density at radius 3 is 2.68 bits per heavy atom. The lowest BCUT2D eigenvalue weighted by Crippen LogP contribution is -2.55. The van der Waals surface area contributed by atoms with Crippen LogP contribution in [0.5, 0.6) is 0 Å². The van der Waals surface area contributed by atoms with Gasteiger partial charge in [0.1, 0.15) is 6.04 Å². The zero-order valence-corrected chi connectivity index (χ0v) is 12.4. The summed E-state index contributed by atoms with van der Waals surface area (Å²) in [6.07, 6.45) is 0.973. The summed E-state index contributed by atoms with van der Waals surface area (Å²) >= 11 is 0. The van der Waals surface area contributed by atoms with E-state index in [0.717, 1.165) is 12.1 Å². The molecule has 0 saturated heterocycles. The van der Waals surface area contributed by atoms with Crippen LogP contribution in [0.15, 0.2) is 18.2 Å². The highest BCUT2D eigenvalue weighted by Crippen LogP contribution is 2.44. The van der Waals surface area contributed by atoms with E-state index < -0.39 is 12.0 Å². The van der Waals surface area contributed by atoms with Crippen LogP contribution in [0.2, 0.25) is 0 Å². The van der Waals surface area contributed by atoms with Gasteiger partial charge in [-0.2, -0.15) is 0 Å². The van der Waals surface area contributed by atoms with Gasteiger partial charge < -0.3 is 10.0 Å². The molecule has 0 fully saturated rings. The molecule has 0 radical (unpaired) electrons. The summed E-state index contributed by atoms with van der Waals surface area (Å²) in [6.45, 7) is 10.3. The van der Waals surface area contributed by atoms with Gasteiger partial charge in [-0.3, -0.25) is 0 Å². The first-order valence-corrected chi connectivity index (χ1v) is 6.87. The zero-order valence-electron chi connectivity index (χ0n) is 12.4. The van der Waals surface area contributed by atoms with Crippen LogP contribution in [-0.4, -0.2) is 22.7 Å². The van der Waals surface area contributed by atoms with Crippen molar-refractivity contribution in [2.75, 3.05) is 4.90 Å². The maximum Gasteiger partial charge on any atom is 0.326 e. The molecule has 0 bridgehead atoms. The van der Waals surface area contributed by atoms with Crippen molar-refractivity contribution in [3.63, 3.8) is 0 Å². The van der Waals surface area contributed by atoms with Crippen molar-refractivity contribution in [3.05, 3.63) is 29.3 Å². The first kappa shape index (κ1) is 13.9. The molecule has 0 aromatic heterocycles. The van der Waals surface area contributed by atoms with Gasteiger partial charge in [0.25, 0.3) is 0 Å². The molecule has 1 aromatic carbocycles. The first-order chi connectivity index (χ1) is 8.74. The molecule has 1 N–H and O–H groups in total. The average Bonchev–Trinajstić information content (AvgIpc) is 2.26. The van der Waals surface area contributed by atoms with Crippen LogP contribution in [0.3, 0.4) is 0 Å². The molecule has 2 rings (SSSR count). The number of carboxylic acid groups (broad SMARTS) is 1. The molecule has 2 atom stereocenters. The van der Waals surface area contributed by atoms with Gasteiger partial charge in [0.15, 0.2) is 0 Å². The van der Waals surface area contributed by atoms with Gasteiger partial charge in [0.05, 0.1) is 0 Å². The van der Waals surface area contributed by atoms with Crippen molar-refractivity contribution in [1.29, 1.82) is 0 Å². The molecule has 3 heteroatoms. The zero-order chi connectivity index (χ0) is 14.4. The van der Waals surface area contributed by atoms with E-state index in [2.05, 4.69) is 50.8 Å². The number of anilines is 1. The highest BCUT2D eigenvalue weighted by molar-refractivity contribution is 5.79. The summed E-state index contributed by atoms with van der Waals surface area (Å²) in [5, 5.41) is 9.39. The number of benzene rings is 1. The third-order valence-electron chi connectivity index (χ3n) is 4.18. The lowest BCUT2D eigenvalue weighted by Gasteiger charge is -2.49. The van der Waals surface area contributed by atoms with Crippen LogP contribution in [0, 0.1) is 6.92 Å². The molecule has 0 spiro atoms. The number of nitrogens with zero attached hydrogens (tertiary/aromatic N) is 1. The molecule has 19 heavy (non-hydrogen) atoms. The molecule has 1 aliphatic rings. The maximum absolute atomic E-state index is 11.4. The number of rotatable bonds is 2. The Labute approximate surface area is 115 Å². The van der Waals surface area contributed by atoms with Crippen molar-refractivity contribution >= 4 is 11.7 Å². The van der Waals surface area contributed by atoms with Crippen molar-refractivity contribution in [3.8, 4) is 0 Å². The first-order valence-electron chi connectivity index (χ1n) is 6.87. The Morgan fingerprint density at radius 2 is 2.11 bits per heavy atom. The minimum Gasteiger partial charge on any atom is -0.480 e. The standard InChI is InChI=1S/C16H23NO2/c1-10-6-7-13-11(2)9-16(4,5)17(14(13)8-10)12(3)15(18)19/h6-8,11-12H,9H2,1-5H3,(H,18,19)/t11-,12+/m0/s1. The monoisotopic (exact) mass is 261 g/mol. The van der Waals surface area contributed by atoms with E-state index in [4.69, 9.17) is 0 Å². The third-order valence-corrected chi connectivity index (χ3v) is 4.18. The number of fused-ring (bicyclic) bond motifs is 1. The van der Waals surface area contributed by atoms with Gasteiger partial charge in [0.2, 0.25) is 0 Å². The lowest BCUT2D eigenvalue weighted by molar-refractivity contribution is -0.138.